The Morgan fingerprint density at radius 2 is 2.00 bits per heavy atom. The Bertz CT molecular complexity index is 566. The number of hydrogen-bond acceptors (Lipinski definition) is 5. The van der Waals surface area contributed by atoms with Crippen molar-refractivity contribution in [3.8, 4) is 0 Å². The van der Waals surface area contributed by atoms with Crippen LogP contribution in [0.4, 0.5) is 5.69 Å². The normalized spacial score (nSPS) is 11.1. The lowest BCUT2D eigenvalue weighted by Crippen LogP contribution is -2.02. The van der Waals surface area contributed by atoms with Crippen LogP contribution in [0.25, 0.3) is 0 Å². The predicted molar refractivity (Wildman–Crippen MR) is 56.3 cm³/mol. The molecule has 0 bridgehead atoms. The third kappa shape index (κ3) is 2.37. The number of aldehydes is 1. The van der Waals surface area contributed by atoms with Crippen LogP contribution >= 0.6 is 10.7 Å². The van der Waals surface area contributed by atoms with E-state index >= 15 is 0 Å². The molecule has 0 aromatic heterocycles. The third-order valence-electron chi connectivity index (χ3n) is 1.87. The lowest BCUT2D eigenvalue weighted by atomic mass is 10.1. The van der Waals surface area contributed by atoms with Gasteiger partial charge in [0.05, 0.1) is 9.82 Å². The average molecular weight is 264 g/mol. The van der Waals surface area contributed by atoms with Crippen molar-refractivity contribution in [2.24, 2.45) is 0 Å². The van der Waals surface area contributed by atoms with Gasteiger partial charge < -0.3 is 0 Å². The van der Waals surface area contributed by atoms with Crippen LogP contribution < -0.4 is 0 Å². The maximum absolute atomic E-state index is 11.2. The lowest BCUT2D eigenvalue weighted by Gasteiger charge is -2.04. The molecule has 0 aliphatic heterocycles. The summed E-state index contributed by atoms with van der Waals surface area (Å²) in [6.07, 6.45) is 0.218. The van der Waals surface area contributed by atoms with Crippen molar-refractivity contribution in [1.29, 1.82) is 0 Å². The molecular weight excluding hydrogens is 258 g/mol. The molecule has 0 saturated carbocycles. The van der Waals surface area contributed by atoms with Gasteiger partial charge in [-0.15, -0.1) is 0 Å². The van der Waals surface area contributed by atoms with E-state index in [4.69, 9.17) is 10.7 Å². The van der Waals surface area contributed by atoms with E-state index in [-0.39, 0.29) is 23.1 Å². The molecule has 0 atom stereocenters. The summed E-state index contributed by atoms with van der Waals surface area (Å²) in [5.74, 6) is 0. The molecule has 1 aromatic rings. The van der Waals surface area contributed by atoms with Gasteiger partial charge in [0, 0.05) is 28.4 Å². The summed E-state index contributed by atoms with van der Waals surface area (Å²) in [6, 6.07) is 1.91. The van der Waals surface area contributed by atoms with Crippen LogP contribution in [0.5, 0.6) is 0 Å². The Kier molecular flexibility index (Phi) is 3.30. The van der Waals surface area contributed by atoms with Crippen LogP contribution in [0, 0.1) is 17.0 Å². The molecule has 16 heavy (non-hydrogen) atoms. The minimum absolute atomic E-state index is 0.0614. The zero-order chi connectivity index (χ0) is 12.5. The van der Waals surface area contributed by atoms with E-state index in [0.717, 1.165) is 12.1 Å². The Morgan fingerprint density at radius 1 is 1.44 bits per heavy atom. The molecule has 0 radical (unpaired) electrons. The summed E-state index contributed by atoms with van der Waals surface area (Å²) in [5, 5.41) is 10.5. The van der Waals surface area contributed by atoms with E-state index in [1.165, 1.54) is 6.92 Å². The zero-order valence-electron chi connectivity index (χ0n) is 8.01. The number of benzene rings is 1. The average Bonchev–Trinajstić information content (AvgIpc) is 2.14. The van der Waals surface area contributed by atoms with Gasteiger partial charge in [0.25, 0.3) is 14.7 Å². The maximum Gasteiger partial charge on any atom is 0.270 e. The number of nitro groups is 1. The molecule has 0 saturated heterocycles. The highest BCUT2D eigenvalue weighted by atomic mass is 35.7. The van der Waals surface area contributed by atoms with Crippen molar-refractivity contribution in [3.63, 3.8) is 0 Å². The highest BCUT2D eigenvalue weighted by Gasteiger charge is 2.22. The smallest absolute Gasteiger partial charge is 0.270 e. The molecule has 0 aliphatic rings. The number of nitro benzene ring substituents is 1. The molecule has 8 heteroatoms. The second kappa shape index (κ2) is 4.18. The first kappa shape index (κ1) is 12.6. The van der Waals surface area contributed by atoms with Gasteiger partial charge in [-0.2, -0.15) is 0 Å². The Balaban J connectivity index is 3.66. The van der Waals surface area contributed by atoms with Crippen molar-refractivity contribution >= 4 is 31.7 Å². The summed E-state index contributed by atoms with van der Waals surface area (Å²) < 4.78 is 22.3. The molecule has 0 aliphatic carbocycles. The largest absolute Gasteiger partial charge is 0.298 e. The summed E-state index contributed by atoms with van der Waals surface area (Å²) in [4.78, 5) is 20.0. The minimum atomic E-state index is -4.10. The van der Waals surface area contributed by atoms with Crippen LogP contribution in [0.3, 0.4) is 0 Å². The van der Waals surface area contributed by atoms with Gasteiger partial charge >= 0.3 is 0 Å². The number of halogens is 1. The summed E-state index contributed by atoms with van der Waals surface area (Å²) >= 11 is 0. The van der Waals surface area contributed by atoms with E-state index in [1.807, 2.05) is 0 Å². The number of rotatable bonds is 3. The second-order valence-electron chi connectivity index (χ2n) is 2.99. The van der Waals surface area contributed by atoms with Crippen molar-refractivity contribution in [1.82, 2.24) is 0 Å². The van der Waals surface area contributed by atoms with Crippen LogP contribution in [0.2, 0.25) is 0 Å². The van der Waals surface area contributed by atoms with Gasteiger partial charge in [-0.25, -0.2) is 8.42 Å². The van der Waals surface area contributed by atoms with E-state index in [0.29, 0.717) is 0 Å². The van der Waals surface area contributed by atoms with Gasteiger partial charge in [-0.3, -0.25) is 14.9 Å². The number of non-ortho nitro benzene ring substituents is 1. The SMILES string of the molecule is Cc1cc([N+](=O)[O-])cc(C=O)c1S(=O)(=O)Cl. The lowest BCUT2D eigenvalue weighted by molar-refractivity contribution is -0.385. The molecule has 1 rings (SSSR count). The van der Waals surface area contributed by atoms with Gasteiger partial charge in [0.15, 0.2) is 6.29 Å². The van der Waals surface area contributed by atoms with Crippen LogP contribution in [0.1, 0.15) is 15.9 Å². The summed E-state index contributed by atoms with van der Waals surface area (Å²) in [7, 11) is 1.02. The Hall–Kier alpha value is -1.47. The molecule has 0 N–H and O–H groups in total. The Labute approximate surface area is 95.4 Å². The van der Waals surface area contributed by atoms with E-state index in [9.17, 15) is 23.3 Å². The Morgan fingerprint density at radius 3 is 2.38 bits per heavy atom. The number of aryl methyl sites for hydroxylation is 1. The highest BCUT2D eigenvalue weighted by Crippen LogP contribution is 2.27. The molecule has 0 fully saturated rings. The first-order valence-electron chi connectivity index (χ1n) is 3.96. The molecular formula is C8H6ClNO5S. The zero-order valence-corrected chi connectivity index (χ0v) is 9.58. The topological polar surface area (TPSA) is 94.3 Å². The van der Waals surface area contributed by atoms with Crippen molar-refractivity contribution < 1.29 is 18.1 Å². The van der Waals surface area contributed by atoms with E-state index < -0.39 is 18.9 Å². The quantitative estimate of drug-likeness (QED) is 0.358. The number of carbonyl (C=O) groups excluding carboxylic acids is 1. The van der Waals surface area contributed by atoms with E-state index in [2.05, 4.69) is 0 Å². The molecule has 0 amide bonds. The number of nitrogens with zero attached hydrogens (tertiary/aromatic N) is 1. The summed E-state index contributed by atoms with van der Waals surface area (Å²) in [6.45, 7) is 1.33. The summed E-state index contributed by atoms with van der Waals surface area (Å²) in [5.41, 5.74) is -0.614. The standard InChI is InChI=1S/C8H6ClNO5S/c1-5-2-7(10(12)13)3-6(4-11)8(5)16(9,14)15/h2-4H,1H3. The van der Waals surface area contributed by atoms with Gasteiger partial charge in [0.2, 0.25) is 0 Å². The first-order valence-corrected chi connectivity index (χ1v) is 6.27. The maximum atomic E-state index is 11.2. The van der Waals surface area contributed by atoms with Crippen molar-refractivity contribution in [2.75, 3.05) is 0 Å². The molecule has 0 heterocycles. The fraction of sp³-hybridized carbons (Fsp3) is 0.125. The monoisotopic (exact) mass is 263 g/mol. The van der Waals surface area contributed by atoms with Gasteiger partial charge in [0.1, 0.15) is 0 Å². The molecule has 86 valence electrons. The van der Waals surface area contributed by atoms with Gasteiger partial charge in [-0.05, 0) is 12.5 Å². The minimum Gasteiger partial charge on any atom is -0.298 e. The number of carbonyl (C=O) groups is 1. The van der Waals surface area contributed by atoms with Crippen LogP contribution in [-0.4, -0.2) is 19.6 Å². The molecule has 1 aromatic carbocycles. The predicted octanol–water partition coefficient (Wildman–Crippen LogP) is 1.64. The van der Waals surface area contributed by atoms with Crippen molar-refractivity contribution in [3.05, 3.63) is 33.4 Å². The molecule has 0 unspecified atom stereocenters. The highest BCUT2D eigenvalue weighted by molar-refractivity contribution is 8.13. The second-order valence-corrected chi connectivity index (χ2v) is 5.50. The van der Waals surface area contributed by atoms with Crippen LogP contribution in [-0.2, 0) is 9.05 Å². The molecule has 6 nitrogen and oxygen atoms in total. The molecule has 0 spiro atoms. The van der Waals surface area contributed by atoms with Crippen LogP contribution in [0.15, 0.2) is 17.0 Å². The van der Waals surface area contributed by atoms with Crippen molar-refractivity contribution in [2.45, 2.75) is 11.8 Å². The fourth-order valence-electron chi connectivity index (χ4n) is 1.31. The van der Waals surface area contributed by atoms with E-state index in [1.54, 1.807) is 0 Å². The number of hydrogen-bond donors (Lipinski definition) is 0. The van der Waals surface area contributed by atoms with Gasteiger partial charge in [-0.1, -0.05) is 0 Å². The third-order valence-corrected chi connectivity index (χ3v) is 3.38. The first-order chi connectivity index (χ1) is 7.27. The fourth-order valence-corrected chi connectivity index (χ4v) is 2.77.